The molecule has 1 heterocycles. The van der Waals surface area contributed by atoms with Crippen LogP contribution in [-0.2, 0) is 6.42 Å². The number of aryl methyl sites for hydroxylation is 1. The van der Waals surface area contributed by atoms with Gasteiger partial charge in [-0.3, -0.25) is 9.59 Å². The average molecular weight is 305 g/mol. The molecule has 1 aliphatic carbocycles. The van der Waals surface area contributed by atoms with E-state index in [1.165, 1.54) is 5.56 Å². The van der Waals surface area contributed by atoms with Crippen LogP contribution in [0, 0.1) is 0 Å². The van der Waals surface area contributed by atoms with Gasteiger partial charge >= 0.3 is 0 Å². The fraction of sp³-hybridized carbons (Fsp3) is 0.167. The molecule has 0 bridgehead atoms. The molecule has 1 atom stereocenters. The lowest BCUT2D eigenvalue weighted by Gasteiger charge is -2.14. The summed E-state index contributed by atoms with van der Waals surface area (Å²) < 4.78 is 0. The van der Waals surface area contributed by atoms with Gasteiger partial charge in [-0.1, -0.05) is 42.5 Å². The van der Waals surface area contributed by atoms with Crippen molar-refractivity contribution in [1.29, 1.82) is 0 Å². The lowest BCUT2D eigenvalue weighted by molar-refractivity contribution is 0.0932. The molecule has 0 saturated carbocycles. The number of amides is 1. The smallest absolute Gasteiger partial charge is 0.272 e. The Balaban J connectivity index is 1.69. The summed E-state index contributed by atoms with van der Waals surface area (Å²) in [4.78, 5) is 24.5. The summed E-state index contributed by atoms with van der Waals surface area (Å²) in [5.41, 5.74) is 2.40. The van der Waals surface area contributed by atoms with Crippen LogP contribution < -0.4 is 10.9 Å². The second kappa shape index (κ2) is 5.35. The number of nitrogens with zero attached hydrogens (tertiary/aromatic N) is 1. The summed E-state index contributed by atoms with van der Waals surface area (Å²) in [6.07, 6.45) is 1.84. The van der Waals surface area contributed by atoms with Crippen LogP contribution in [0.25, 0.3) is 10.8 Å². The SMILES string of the molecule is O=C(N[C@H]1CCc2ccccc21)c1n[nH]c(=O)c2ccccc12. The second-order valence-electron chi connectivity index (χ2n) is 5.71. The lowest BCUT2D eigenvalue weighted by atomic mass is 10.1. The first kappa shape index (κ1) is 13.7. The zero-order valence-corrected chi connectivity index (χ0v) is 12.4. The number of carbonyl (C=O) groups excluding carboxylic acids is 1. The normalized spacial score (nSPS) is 16.3. The molecule has 1 aliphatic rings. The minimum atomic E-state index is -0.289. The maximum Gasteiger partial charge on any atom is 0.272 e. The zero-order chi connectivity index (χ0) is 15.8. The summed E-state index contributed by atoms with van der Waals surface area (Å²) >= 11 is 0. The number of hydrogen-bond donors (Lipinski definition) is 2. The number of carbonyl (C=O) groups is 1. The van der Waals surface area contributed by atoms with Gasteiger partial charge in [0.25, 0.3) is 11.5 Å². The van der Waals surface area contributed by atoms with Crippen LogP contribution in [0.3, 0.4) is 0 Å². The predicted molar refractivity (Wildman–Crippen MR) is 87.3 cm³/mol. The van der Waals surface area contributed by atoms with Crippen LogP contribution in [0.5, 0.6) is 0 Å². The monoisotopic (exact) mass is 305 g/mol. The van der Waals surface area contributed by atoms with Crippen LogP contribution in [0.4, 0.5) is 0 Å². The van der Waals surface area contributed by atoms with Gasteiger partial charge in [-0.2, -0.15) is 5.10 Å². The first-order valence-electron chi connectivity index (χ1n) is 7.60. The van der Waals surface area contributed by atoms with Gasteiger partial charge in [0.2, 0.25) is 0 Å². The predicted octanol–water partition coefficient (Wildman–Crippen LogP) is 2.34. The van der Waals surface area contributed by atoms with E-state index >= 15 is 0 Å². The molecule has 0 spiro atoms. The number of H-pyrrole nitrogens is 1. The molecular weight excluding hydrogens is 290 g/mol. The molecule has 5 nitrogen and oxygen atoms in total. The molecule has 0 fully saturated rings. The van der Waals surface area contributed by atoms with E-state index in [4.69, 9.17) is 0 Å². The van der Waals surface area contributed by atoms with E-state index in [-0.39, 0.29) is 23.2 Å². The van der Waals surface area contributed by atoms with Gasteiger partial charge in [0.15, 0.2) is 5.69 Å². The lowest BCUT2D eigenvalue weighted by Crippen LogP contribution is -2.29. The molecule has 3 aromatic rings. The standard InChI is InChI=1S/C18H15N3O2/c22-17-14-8-4-3-7-13(14)16(20-21-17)18(23)19-15-10-9-11-5-1-2-6-12(11)15/h1-8,15H,9-10H2,(H,19,23)(H,21,22)/t15-/m0/s1. The second-order valence-corrected chi connectivity index (χ2v) is 5.71. The minimum Gasteiger partial charge on any atom is -0.344 e. The Hall–Kier alpha value is -2.95. The van der Waals surface area contributed by atoms with Crippen LogP contribution in [0.2, 0.25) is 0 Å². The summed E-state index contributed by atoms with van der Waals surface area (Å²) in [5.74, 6) is -0.265. The maximum atomic E-state index is 12.6. The van der Waals surface area contributed by atoms with Gasteiger partial charge in [0, 0.05) is 5.39 Å². The molecule has 1 aromatic heterocycles. The van der Waals surface area contributed by atoms with E-state index in [0.717, 1.165) is 18.4 Å². The molecular formula is C18H15N3O2. The van der Waals surface area contributed by atoms with Crippen molar-refractivity contribution in [3.05, 3.63) is 75.7 Å². The van der Waals surface area contributed by atoms with Crippen molar-refractivity contribution in [2.24, 2.45) is 0 Å². The van der Waals surface area contributed by atoms with E-state index in [9.17, 15) is 9.59 Å². The van der Waals surface area contributed by atoms with E-state index in [0.29, 0.717) is 10.8 Å². The summed E-state index contributed by atoms with van der Waals surface area (Å²) in [6.45, 7) is 0. The Labute approximate surface area is 132 Å². The van der Waals surface area contributed by atoms with Crippen molar-refractivity contribution >= 4 is 16.7 Å². The number of aromatic amines is 1. The molecule has 1 amide bonds. The van der Waals surface area contributed by atoms with Gasteiger partial charge in [-0.05, 0) is 30.0 Å². The van der Waals surface area contributed by atoms with Gasteiger partial charge in [0.05, 0.1) is 11.4 Å². The molecule has 0 saturated heterocycles. The third-order valence-corrected chi connectivity index (χ3v) is 4.35. The van der Waals surface area contributed by atoms with Crippen LogP contribution in [0.15, 0.2) is 53.3 Å². The Morgan fingerprint density at radius 3 is 2.70 bits per heavy atom. The molecule has 0 radical (unpaired) electrons. The molecule has 0 aliphatic heterocycles. The van der Waals surface area contributed by atoms with Crippen molar-refractivity contribution in [2.75, 3.05) is 0 Å². The van der Waals surface area contributed by atoms with Crippen molar-refractivity contribution in [3.63, 3.8) is 0 Å². The Kier molecular flexibility index (Phi) is 3.19. The highest BCUT2D eigenvalue weighted by atomic mass is 16.2. The summed E-state index contributed by atoms with van der Waals surface area (Å²) in [5, 5.41) is 10.4. The topological polar surface area (TPSA) is 74.8 Å². The highest BCUT2D eigenvalue weighted by Crippen LogP contribution is 2.31. The van der Waals surface area contributed by atoms with Crippen molar-refractivity contribution in [3.8, 4) is 0 Å². The molecule has 114 valence electrons. The van der Waals surface area contributed by atoms with Gasteiger partial charge < -0.3 is 5.32 Å². The van der Waals surface area contributed by atoms with Crippen molar-refractivity contribution in [1.82, 2.24) is 15.5 Å². The van der Waals surface area contributed by atoms with Gasteiger partial charge in [-0.25, -0.2) is 5.10 Å². The molecule has 0 unspecified atom stereocenters. The van der Waals surface area contributed by atoms with Crippen molar-refractivity contribution in [2.45, 2.75) is 18.9 Å². The Bertz CT molecular complexity index is 962. The van der Waals surface area contributed by atoms with Gasteiger partial charge in [0.1, 0.15) is 0 Å². The molecule has 2 N–H and O–H groups in total. The first-order chi connectivity index (χ1) is 11.2. The number of benzene rings is 2. The molecule has 5 heteroatoms. The highest BCUT2D eigenvalue weighted by molar-refractivity contribution is 6.04. The zero-order valence-electron chi connectivity index (χ0n) is 12.4. The van der Waals surface area contributed by atoms with Crippen LogP contribution in [-0.4, -0.2) is 16.1 Å². The number of hydrogen-bond acceptors (Lipinski definition) is 3. The summed E-state index contributed by atoms with van der Waals surface area (Å²) in [7, 11) is 0. The van der Waals surface area contributed by atoms with E-state index in [1.807, 2.05) is 18.2 Å². The van der Waals surface area contributed by atoms with Crippen LogP contribution >= 0.6 is 0 Å². The largest absolute Gasteiger partial charge is 0.344 e. The average Bonchev–Trinajstić information content (AvgIpc) is 2.98. The minimum absolute atomic E-state index is 0.00816. The molecule has 23 heavy (non-hydrogen) atoms. The third kappa shape index (κ3) is 2.30. The Morgan fingerprint density at radius 2 is 1.83 bits per heavy atom. The fourth-order valence-electron chi connectivity index (χ4n) is 3.22. The van der Waals surface area contributed by atoms with Crippen LogP contribution in [0.1, 0.15) is 34.1 Å². The van der Waals surface area contributed by atoms with Gasteiger partial charge in [-0.15, -0.1) is 0 Å². The third-order valence-electron chi connectivity index (χ3n) is 4.35. The summed E-state index contributed by atoms with van der Waals surface area (Å²) in [6, 6.07) is 15.1. The first-order valence-corrected chi connectivity index (χ1v) is 7.60. The van der Waals surface area contributed by atoms with E-state index < -0.39 is 0 Å². The molecule has 4 rings (SSSR count). The number of rotatable bonds is 2. The van der Waals surface area contributed by atoms with E-state index in [2.05, 4.69) is 21.6 Å². The Morgan fingerprint density at radius 1 is 1.09 bits per heavy atom. The fourth-order valence-corrected chi connectivity index (χ4v) is 3.22. The number of nitrogens with one attached hydrogen (secondary N) is 2. The number of fused-ring (bicyclic) bond motifs is 2. The molecule has 2 aromatic carbocycles. The highest BCUT2D eigenvalue weighted by Gasteiger charge is 2.25. The van der Waals surface area contributed by atoms with E-state index in [1.54, 1.807) is 24.3 Å². The van der Waals surface area contributed by atoms with Crippen molar-refractivity contribution < 1.29 is 4.79 Å². The maximum absolute atomic E-state index is 12.6. The number of aromatic nitrogens is 2. The quantitative estimate of drug-likeness (QED) is 0.763.